The topological polar surface area (TPSA) is 342 Å². The van der Waals surface area contributed by atoms with Crippen LogP contribution in [0.4, 0.5) is 29.0 Å². The summed E-state index contributed by atoms with van der Waals surface area (Å²) in [5.41, 5.74) is -1.98. The first kappa shape index (κ1) is 47.3. The van der Waals surface area contributed by atoms with E-state index in [1.165, 1.54) is 61.6 Å². The van der Waals surface area contributed by atoms with Gasteiger partial charge >= 0.3 is 6.01 Å². The fraction of sp³-hybridized carbons (Fsp3) is 0.0732. The maximum absolute atomic E-state index is 14.7. The van der Waals surface area contributed by atoms with Crippen LogP contribution in [0, 0.1) is 0 Å². The number of pyridine rings is 1. The standard InChI is InChI=1S/C41H31N7O16S4/c1-3-42-39-45-40(47-41(46-39)62-21-11-13-22(14-12-21)66(53,54)55)44-27-18-28(31(68(59,60)61)19-30(27)65-64-63-52)43-26-15-16-29-34-32(24-9-4-5-10-25(24)37(50)33(26)34)35(38(51)48(29)2)36(49)20-7-6-8-23(17-20)67(56,57)58/h4-19,43,52H,3H2,1-2H3,(H,53,54,55)(H,56,57,58)(H,59,60,61)(H2,42,44,45,46,47). The lowest BCUT2D eigenvalue weighted by Crippen LogP contribution is -2.29. The van der Waals surface area contributed by atoms with Gasteiger partial charge in [-0.25, -0.2) is 5.26 Å². The van der Waals surface area contributed by atoms with Crippen LogP contribution in [-0.4, -0.2) is 81.8 Å². The minimum atomic E-state index is -5.17. The van der Waals surface area contributed by atoms with E-state index < -0.39 is 73.4 Å². The van der Waals surface area contributed by atoms with Gasteiger partial charge in [0.1, 0.15) is 10.6 Å². The van der Waals surface area contributed by atoms with E-state index in [-0.39, 0.29) is 90.7 Å². The minimum Gasteiger partial charge on any atom is -0.424 e. The molecule has 1 aliphatic rings. The summed E-state index contributed by atoms with van der Waals surface area (Å²) in [5, 5.41) is 21.5. The molecule has 5 aromatic carbocycles. The van der Waals surface area contributed by atoms with Gasteiger partial charge < -0.3 is 25.3 Å². The van der Waals surface area contributed by atoms with Crippen molar-refractivity contribution in [1.82, 2.24) is 19.5 Å². The lowest BCUT2D eigenvalue weighted by molar-refractivity contribution is -0.432. The molecule has 0 spiro atoms. The molecule has 0 bridgehead atoms. The second-order valence-electron chi connectivity index (χ2n) is 14.3. The molecule has 0 radical (unpaired) electrons. The number of rotatable bonds is 16. The lowest BCUT2D eigenvalue weighted by Gasteiger charge is -2.26. The second-order valence-corrected chi connectivity index (χ2v) is 19.3. The zero-order valence-corrected chi connectivity index (χ0v) is 37.8. The highest BCUT2D eigenvalue weighted by Gasteiger charge is 2.35. The molecule has 27 heteroatoms. The number of hydrogen-bond acceptors (Lipinski definition) is 20. The molecule has 0 saturated carbocycles. The van der Waals surface area contributed by atoms with Gasteiger partial charge in [0.25, 0.3) is 35.9 Å². The smallest absolute Gasteiger partial charge is 0.328 e. The first-order valence-electron chi connectivity index (χ1n) is 19.2. The summed E-state index contributed by atoms with van der Waals surface area (Å²) in [6, 6.07) is 19.5. The van der Waals surface area contributed by atoms with Crippen molar-refractivity contribution in [2.75, 3.05) is 22.5 Å². The molecule has 0 aliphatic heterocycles. The average molecular weight is 1010 g/mol. The third-order valence-corrected chi connectivity index (χ3v) is 13.4. The number of ketones is 2. The predicted octanol–water partition coefficient (Wildman–Crippen LogP) is 6.05. The molecule has 7 aromatic rings. The molecule has 350 valence electrons. The summed E-state index contributed by atoms with van der Waals surface area (Å²) in [7, 11) is -13.1. The zero-order chi connectivity index (χ0) is 48.9. The van der Waals surface area contributed by atoms with Crippen LogP contribution in [0.2, 0.25) is 0 Å². The number of benzene rings is 5. The Kier molecular flexibility index (Phi) is 12.6. The molecule has 68 heavy (non-hydrogen) atoms. The van der Waals surface area contributed by atoms with Crippen LogP contribution in [0.3, 0.4) is 0 Å². The van der Waals surface area contributed by atoms with Gasteiger partial charge in [-0.15, -0.1) is 4.33 Å². The SMILES string of the molecule is CCNc1nc(Nc2cc(Nc3ccc4c5c3C(=O)c3ccccc3-c5c(C(=O)c3cccc(S(=O)(=O)O)c3)c(=O)n4C)c(S(=O)(=O)O)cc2SOOO)nc(Oc2ccc(S(=O)(=O)O)cc2)n1. The van der Waals surface area contributed by atoms with Crippen molar-refractivity contribution in [1.29, 1.82) is 0 Å². The third-order valence-electron chi connectivity index (χ3n) is 10.2. The first-order chi connectivity index (χ1) is 32.2. The van der Waals surface area contributed by atoms with E-state index in [0.29, 0.717) is 6.54 Å². The third kappa shape index (κ3) is 9.25. The zero-order valence-electron chi connectivity index (χ0n) is 34.6. The molecular weight excluding hydrogens is 975 g/mol. The molecule has 0 fully saturated rings. The molecule has 23 nitrogen and oxygen atoms in total. The molecule has 8 rings (SSSR count). The van der Waals surface area contributed by atoms with Crippen molar-refractivity contribution in [2.45, 2.75) is 26.5 Å². The van der Waals surface area contributed by atoms with Crippen LogP contribution in [0.25, 0.3) is 22.0 Å². The van der Waals surface area contributed by atoms with Gasteiger partial charge in [-0.1, -0.05) is 41.4 Å². The van der Waals surface area contributed by atoms with Gasteiger partial charge in [0, 0.05) is 35.7 Å². The van der Waals surface area contributed by atoms with Crippen molar-refractivity contribution in [3.63, 3.8) is 0 Å². The maximum atomic E-state index is 14.7. The second kappa shape index (κ2) is 18.1. The van der Waals surface area contributed by atoms with Gasteiger partial charge in [0.2, 0.25) is 11.9 Å². The number of anilines is 5. The van der Waals surface area contributed by atoms with Crippen molar-refractivity contribution in [3.8, 4) is 22.9 Å². The monoisotopic (exact) mass is 1010 g/mol. The number of hydrogen-bond donors (Lipinski definition) is 7. The Morgan fingerprint density at radius 1 is 0.721 bits per heavy atom. The van der Waals surface area contributed by atoms with Crippen molar-refractivity contribution in [2.24, 2.45) is 7.05 Å². The van der Waals surface area contributed by atoms with Crippen LogP contribution in [-0.2, 0) is 46.8 Å². The summed E-state index contributed by atoms with van der Waals surface area (Å²) in [4.78, 5) is 54.0. The Bertz CT molecular complexity index is 3670. The molecule has 7 N–H and O–H groups in total. The highest BCUT2D eigenvalue weighted by molar-refractivity contribution is 7.94. The highest BCUT2D eigenvalue weighted by atomic mass is 32.2. The van der Waals surface area contributed by atoms with Crippen LogP contribution >= 0.6 is 12.0 Å². The van der Waals surface area contributed by atoms with Crippen molar-refractivity contribution >= 4 is 93.8 Å². The van der Waals surface area contributed by atoms with E-state index >= 15 is 0 Å². The fourth-order valence-corrected chi connectivity index (χ4v) is 9.47. The summed E-state index contributed by atoms with van der Waals surface area (Å²) < 4.78 is 114. The van der Waals surface area contributed by atoms with Crippen molar-refractivity contribution in [3.05, 3.63) is 130 Å². The number of nitrogens with zero attached hydrogens (tertiary/aromatic N) is 4. The van der Waals surface area contributed by atoms with Gasteiger partial charge in [-0.05, 0) is 73.2 Å². The van der Waals surface area contributed by atoms with E-state index in [9.17, 15) is 53.3 Å². The van der Waals surface area contributed by atoms with Crippen LogP contribution in [0.1, 0.15) is 38.8 Å². The number of aromatic nitrogens is 4. The number of aryl methyl sites for hydroxylation is 1. The molecule has 2 heterocycles. The number of carbonyl (C=O) groups is 2. The number of ether oxygens (including phenoxy) is 1. The summed E-state index contributed by atoms with van der Waals surface area (Å²) in [6.07, 6.45) is 0. The molecule has 0 saturated heterocycles. The number of nitrogens with one attached hydrogen (secondary N) is 3. The number of carbonyl (C=O) groups excluding carboxylic acids is 2. The van der Waals surface area contributed by atoms with E-state index in [2.05, 4.69) is 40.3 Å². The predicted molar refractivity (Wildman–Crippen MR) is 242 cm³/mol. The van der Waals surface area contributed by atoms with Gasteiger partial charge in [-0.3, -0.25) is 28.0 Å². The van der Waals surface area contributed by atoms with Crippen LogP contribution in [0.5, 0.6) is 11.8 Å². The Labute approximate surface area is 388 Å². The van der Waals surface area contributed by atoms with E-state index in [1.807, 2.05) is 0 Å². The van der Waals surface area contributed by atoms with Crippen molar-refractivity contribution < 1.29 is 67.9 Å². The maximum Gasteiger partial charge on any atom is 0.328 e. The quantitative estimate of drug-likeness (QED) is 0.0190. The minimum absolute atomic E-state index is 0.0109. The van der Waals surface area contributed by atoms with E-state index in [4.69, 9.17) is 9.99 Å². The normalized spacial score (nSPS) is 12.4. The lowest BCUT2D eigenvalue weighted by atomic mass is 9.80. The summed E-state index contributed by atoms with van der Waals surface area (Å²) in [5.74, 6) is -1.87. The largest absolute Gasteiger partial charge is 0.424 e. The van der Waals surface area contributed by atoms with Gasteiger partial charge in [-0.2, -0.15) is 40.2 Å². The fourth-order valence-electron chi connectivity index (χ4n) is 7.27. The average Bonchev–Trinajstić information content (AvgIpc) is 3.28. The Hall–Kier alpha value is -7.18. The molecular formula is C41H31N7O16S4. The Balaban J connectivity index is 1.29. The Morgan fingerprint density at radius 2 is 1.41 bits per heavy atom. The molecule has 0 amide bonds. The molecule has 0 unspecified atom stereocenters. The molecule has 1 aliphatic carbocycles. The molecule has 2 aromatic heterocycles. The number of fused-ring (bicyclic) bond motifs is 2. The Morgan fingerprint density at radius 3 is 2.07 bits per heavy atom. The van der Waals surface area contributed by atoms with Gasteiger partial charge in [0.15, 0.2) is 11.6 Å². The van der Waals surface area contributed by atoms with Crippen LogP contribution in [0.15, 0.2) is 121 Å². The summed E-state index contributed by atoms with van der Waals surface area (Å²) in [6.45, 7) is 2.03. The highest BCUT2D eigenvalue weighted by Crippen LogP contribution is 2.45. The van der Waals surface area contributed by atoms with Gasteiger partial charge in [0.05, 0.1) is 60.4 Å². The van der Waals surface area contributed by atoms with E-state index in [1.54, 1.807) is 13.0 Å². The first-order valence-corrected chi connectivity index (χ1v) is 24.3. The molecule has 0 atom stereocenters. The summed E-state index contributed by atoms with van der Waals surface area (Å²) >= 11 is 0.266. The van der Waals surface area contributed by atoms with E-state index in [0.717, 1.165) is 41.0 Å². The van der Waals surface area contributed by atoms with Crippen LogP contribution < -0.4 is 26.2 Å².